The molecule has 3 aromatic rings. The minimum Gasteiger partial charge on any atom is -0.360 e. The van der Waals surface area contributed by atoms with Crippen LogP contribution in [0.1, 0.15) is 84.3 Å². The first-order valence-corrected chi connectivity index (χ1v) is 15.0. The Bertz CT molecular complexity index is 1270. The van der Waals surface area contributed by atoms with Crippen LogP contribution in [-0.4, -0.2) is 16.0 Å². The van der Waals surface area contributed by atoms with Crippen LogP contribution in [0.25, 0.3) is 16.8 Å². The topological polar surface area (TPSA) is 49.8 Å². The Morgan fingerprint density at radius 1 is 0.902 bits per heavy atom. The predicted octanol–water partition coefficient (Wildman–Crippen LogP) is 10.8. The van der Waals surface area contributed by atoms with Crippen molar-refractivity contribution in [2.24, 2.45) is 0 Å². The number of anilines is 2. The Hall–Kier alpha value is -3.92. The average Bonchev–Trinajstić information content (AvgIpc) is 2.98. The zero-order chi connectivity index (χ0) is 30.0. The second-order valence-corrected chi connectivity index (χ2v) is 10.6. The summed E-state index contributed by atoms with van der Waals surface area (Å²) in [7, 11) is 0. The van der Waals surface area contributed by atoms with Gasteiger partial charge in [-0.15, -0.1) is 0 Å². The molecule has 1 unspecified atom stereocenters. The molecule has 0 spiro atoms. The van der Waals surface area contributed by atoms with Crippen molar-refractivity contribution in [3.05, 3.63) is 115 Å². The summed E-state index contributed by atoms with van der Waals surface area (Å²) in [6.45, 7) is 20.7. The third-order valence-corrected chi connectivity index (χ3v) is 6.59. The Morgan fingerprint density at radius 2 is 1.59 bits per heavy atom. The fourth-order valence-electron chi connectivity index (χ4n) is 3.88. The molecule has 4 nitrogen and oxygen atoms in total. The third-order valence-electron chi connectivity index (χ3n) is 6.59. The second kappa shape index (κ2) is 18.4. The number of benzene rings is 2. The van der Waals surface area contributed by atoms with Crippen LogP contribution in [-0.2, 0) is 0 Å². The number of nitrogens with one attached hydrogen (secondary N) is 2. The van der Waals surface area contributed by atoms with E-state index in [1.54, 1.807) is 6.20 Å². The molecule has 1 aromatic heterocycles. The molecule has 2 aromatic carbocycles. The lowest BCUT2D eigenvalue weighted by molar-refractivity contribution is 0.825. The number of hydrogen-bond donors (Lipinski definition) is 2. The van der Waals surface area contributed by atoms with Gasteiger partial charge in [0.25, 0.3) is 0 Å². The standard InChI is InChI=1S/C20H22N4.C13H18.C4H10/c1-14(2)22-17-10-6-16(7-11-17)19-12-13-21-20(24-19)23-18-8-4-15(3)5-9-18;1-4-5-6-12(3)13-9-7-11(2)8-10-13;1-3-4-2/h4-8,10-13,18,22H,1,9H2,2-3H3,(H,21,23,24);7-10H,3-6H2,1-2H3;3-4H2,1-2H3. The van der Waals surface area contributed by atoms with Crippen LogP contribution in [0.5, 0.6) is 0 Å². The van der Waals surface area contributed by atoms with Gasteiger partial charge in [-0.05, 0) is 69.4 Å². The van der Waals surface area contributed by atoms with E-state index in [1.165, 1.54) is 48.0 Å². The molecule has 0 radical (unpaired) electrons. The van der Waals surface area contributed by atoms with Crippen molar-refractivity contribution in [1.29, 1.82) is 0 Å². The molecular formula is C37H50N4. The summed E-state index contributed by atoms with van der Waals surface area (Å²) in [4.78, 5) is 8.97. The molecular weight excluding hydrogens is 500 g/mol. The molecule has 1 atom stereocenters. The maximum atomic E-state index is 4.63. The zero-order valence-corrected chi connectivity index (χ0v) is 26.1. The minimum atomic E-state index is 0.242. The lowest BCUT2D eigenvalue weighted by Crippen LogP contribution is -2.19. The van der Waals surface area contributed by atoms with Crippen molar-refractivity contribution >= 4 is 17.2 Å². The van der Waals surface area contributed by atoms with Crippen molar-refractivity contribution in [2.45, 2.75) is 86.1 Å². The molecule has 41 heavy (non-hydrogen) atoms. The summed E-state index contributed by atoms with van der Waals surface area (Å²) < 4.78 is 0. The van der Waals surface area contributed by atoms with Gasteiger partial charge in [0, 0.05) is 23.1 Å². The molecule has 218 valence electrons. The van der Waals surface area contributed by atoms with E-state index in [2.05, 4.69) is 111 Å². The van der Waals surface area contributed by atoms with Crippen LogP contribution in [0.15, 0.2) is 103 Å². The van der Waals surface area contributed by atoms with Crippen molar-refractivity contribution in [2.75, 3.05) is 10.6 Å². The summed E-state index contributed by atoms with van der Waals surface area (Å²) in [6, 6.07) is 18.9. The van der Waals surface area contributed by atoms with Gasteiger partial charge in [0.05, 0.1) is 11.7 Å². The van der Waals surface area contributed by atoms with Crippen LogP contribution in [0.2, 0.25) is 0 Å². The number of aromatic nitrogens is 2. The van der Waals surface area contributed by atoms with E-state index >= 15 is 0 Å². The molecule has 1 aliphatic carbocycles. The number of aryl methyl sites for hydroxylation is 1. The highest BCUT2D eigenvalue weighted by Crippen LogP contribution is 2.22. The van der Waals surface area contributed by atoms with Gasteiger partial charge in [0.15, 0.2) is 0 Å². The summed E-state index contributed by atoms with van der Waals surface area (Å²) in [5, 5.41) is 6.57. The summed E-state index contributed by atoms with van der Waals surface area (Å²) in [5.41, 5.74) is 9.07. The van der Waals surface area contributed by atoms with Crippen molar-refractivity contribution in [3.63, 3.8) is 0 Å². The molecule has 0 saturated heterocycles. The van der Waals surface area contributed by atoms with Gasteiger partial charge in [-0.25, -0.2) is 9.97 Å². The third kappa shape index (κ3) is 12.9. The number of unbranched alkanes of at least 4 members (excludes halogenated alkanes) is 2. The normalized spacial score (nSPS) is 13.5. The van der Waals surface area contributed by atoms with Gasteiger partial charge in [-0.1, -0.05) is 119 Å². The first kappa shape index (κ1) is 33.3. The lowest BCUT2D eigenvalue weighted by atomic mass is 10.0. The first-order chi connectivity index (χ1) is 19.7. The summed E-state index contributed by atoms with van der Waals surface area (Å²) in [6.07, 6.45) is 15.5. The van der Waals surface area contributed by atoms with Crippen molar-refractivity contribution in [3.8, 4) is 11.3 Å². The van der Waals surface area contributed by atoms with Crippen molar-refractivity contribution < 1.29 is 0 Å². The van der Waals surface area contributed by atoms with Gasteiger partial charge in [0.2, 0.25) is 5.95 Å². The monoisotopic (exact) mass is 550 g/mol. The van der Waals surface area contributed by atoms with Crippen LogP contribution >= 0.6 is 0 Å². The molecule has 1 aliphatic rings. The fraction of sp³-hybridized carbons (Fsp3) is 0.351. The van der Waals surface area contributed by atoms with E-state index in [9.17, 15) is 0 Å². The van der Waals surface area contributed by atoms with Crippen LogP contribution < -0.4 is 10.6 Å². The number of nitrogens with zero attached hydrogens (tertiary/aromatic N) is 2. The Labute approximate surface area is 249 Å². The van der Waals surface area contributed by atoms with E-state index < -0.39 is 0 Å². The highest BCUT2D eigenvalue weighted by Gasteiger charge is 2.09. The van der Waals surface area contributed by atoms with Crippen LogP contribution in [0, 0.1) is 6.92 Å². The van der Waals surface area contributed by atoms with E-state index in [4.69, 9.17) is 0 Å². The molecule has 4 heteroatoms. The highest BCUT2D eigenvalue weighted by atomic mass is 15.1. The fourth-order valence-corrected chi connectivity index (χ4v) is 3.88. The Balaban J connectivity index is 0.000000290. The highest BCUT2D eigenvalue weighted by molar-refractivity contribution is 5.64. The molecule has 0 bridgehead atoms. The first-order valence-electron chi connectivity index (χ1n) is 15.0. The Kier molecular flexibility index (Phi) is 15.0. The number of rotatable bonds is 10. The van der Waals surface area contributed by atoms with E-state index in [0.29, 0.717) is 5.95 Å². The van der Waals surface area contributed by atoms with Gasteiger partial charge >= 0.3 is 0 Å². The van der Waals surface area contributed by atoms with Gasteiger partial charge in [-0.3, -0.25) is 0 Å². The van der Waals surface area contributed by atoms with Crippen molar-refractivity contribution in [1.82, 2.24) is 9.97 Å². The van der Waals surface area contributed by atoms with E-state index in [-0.39, 0.29) is 6.04 Å². The molecule has 0 aliphatic heterocycles. The molecule has 2 N–H and O–H groups in total. The van der Waals surface area contributed by atoms with Crippen LogP contribution in [0.4, 0.5) is 11.6 Å². The lowest BCUT2D eigenvalue weighted by Gasteiger charge is -2.17. The van der Waals surface area contributed by atoms with Gasteiger partial charge < -0.3 is 10.6 Å². The largest absolute Gasteiger partial charge is 0.360 e. The maximum absolute atomic E-state index is 4.63. The molecule has 1 heterocycles. The molecule has 0 saturated carbocycles. The summed E-state index contributed by atoms with van der Waals surface area (Å²) in [5.74, 6) is 0.652. The van der Waals surface area contributed by atoms with Crippen LogP contribution in [0.3, 0.4) is 0 Å². The average molecular weight is 551 g/mol. The quantitative estimate of drug-likeness (QED) is 0.263. The zero-order valence-electron chi connectivity index (χ0n) is 26.1. The number of allylic oxidation sites excluding steroid dienone is 4. The maximum Gasteiger partial charge on any atom is 0.223 e. The molecule has 4 rings (SSSR count). The summed E-state index contributed by atoms with van der Waals surface area (Å²) >= 11 is 0. The number of hydrogen-bond acceptors (Lipinski definition) is 4. The van der Waals surface area contributed by atoms with E-state index in [0.717, 1.165) is 35.5 Å². The SMILES string of the molecule is C=C(C)Nc1ccc(-c2ccnc(NC3C=CC(C)=CC3)n2)cc1.C=C(CCCC)c1ccc(C)cc1.CCCC. The predicted molar refractivity (Wildman–Crippen MR) is 181 cm³/mol. The molecule has 0 fully saturated rings. The second-order valence-electron chi connectivity index (χ2n) is 10.6. The smallest absolute Gasteiger partial charge is 0.223 e. The molecule has 0 amide bonds. The van der Waals surface area contributed by atoms with E-state index in [1.807, 2.05) is 37.3 Å². The minimum absolute atomic E-state index is 0.242. The Morgan fingerprint density at radius 3 is 2.15 bits per heavy atom. The van der Waals surface area contributed by atoms with Gasteiger partial charge in [-0.2, -0.15) is 0 Å². The van der Waals surface area contributed by atoms with Gasteiger partial charge in [0.1, 0.15) is 0 Å².